The van der Waals surface area contributed by atoms with Crippen LogP contribution in [0.5, 0.6) is 0 Å². The molecule has 0 fully saturated rings. The average Bonchev–Trinajstić information content (AvgIpc) is 2.67. The van der Waals surface area contributed by atoms with Crippen LogP contribution in [0.2, 0.25) is 0 Å². The van der Waals surface area contributed by atoms with Gasteiger partial charge in [-0.15, -0.1) is 0 Å². The molecule has 3 nitrogen and oxygen atoms in total. The van der Waals surface area contributed by atoms with Crippen molar-refractivity contribution in [3.63, 3.8) is 0 Å². The Labute approximate surface area is 112 Å². The summed E-state index contributed by atoms with van der Waals surface area (Å²) in [6, 6.07) is 7.71. The summed E-state index contributed by atoms with van der Waals surface area (Å²) >= 11 is 1.75. The van der Waals surface area contributed by atoms with Crippen molar-refractivity contribution in [1.29, 1.82) is 0 Å². The summed E-state index contributed by atoms with van der Waals surface area (Å²) < 4.78 is 5.64. The van der Waals surface area contributed by atoms with Gasteiger partial charge in [0.05, 0.1) is 5.54 Å². The molecule has 0 radical (unpaired) electrons. The second-order valence-electron chi connectivity index (χ2n) is 4.92. The van der Waals surface area contributed by atoms with E-state index in [1.807, 2.05) is 24.3 Å². The number of hydrogen-bond acceptors (Lipinski definition) is 4. The highest BCUT2D eigenvalue weighted by Gasteiger charge is 2.30. The molecular formula is C14H17NO2S. The predicted octanol–water partition coefficient (Wildman–Crippen LogP) is 2.85. The number of ether oxygens (including phenoxy) is 1. The first kappa shape index (κ1) is 13.1. The average molecular weight is 263 g/mol. The van der Waals surface area contributed by atoms with Crippen LogP contribution in [0.4, 0.5) is 0 Å². The second-order valence-corrected chi connectivity index (χ2v) is 5.79. The molecule has 2 rings (SSSR count). The predicted molar refractivity (Wildman–Crippen MR) is 75.3 cm³/mol. The summed E-state index contributed by atoms with van der Waals surface area (Å²) in [6.07, 6.45) is 2.37. The summed E-state index contributed by atoms with van der Waals surface area (Å²) in [5.74, 6) is 1.50. The van der Waals surface area contributed by atoms with E-state index in [4.69, 9.17) is 4.74 Å². The van der Waals surface area contributed by atoms with Crippen LogP contribution in [0.1, 0.15) is 31.1 Å². The van der Waals surface area contributed by atoms with Gasteiger partial charge >= 0.3 is 0 Å². The fourth-order valence-corrected chi connectivity index (χ4v) is 2.81. The van der Waals surface area contributed by atoms with Crippen LogP contribution < -0.4 is 0 Å². The lowest BCUT2D eigenvalue weighted by Crippen LogP contribution is -2.23. The summed E-state index contributed by atoms with van der Waals surface area (Å²) in [6.45, 7) is 4.13. The van der Waals surface area contributed by atoms with Crippen molar-refractivity contribution in [3.8, 4) is 0 Å². The van der Waals surface area contributed by atoms with Crippen LogP contribution in [-0.4, -0.2) is 29.7 Å². The van der Waals surface area contributed by atoms with Gasteiger partial charge in [0.25, 0.3) is 0 Å². The van der Waals surface area contributed by atoms with Crippen LogP contribution in [-0.2, 0) is 9.53 Å². The van der Waals surface area contributed by atoms with E-state index in [2.05, 4.69) is 25.1 Å². The van der Waals surface area contributed by atoms with Crippen LogP contribution >= 0.6 is 11.8 Å². The molecule has 1 atom stereocenters. The molecule has 0 N–H and O–H groups in total. The van der Waals surface area contributed by atoms with Crippen LogP contribution in [0.15, 0.2) is 29.3 Å². The lowest BCUT2D eigenvalue weighted by Gasteiger charge is -2.19. The van der Waals surface area contributed by atoms with Crippen molar-refractivity contribution in [2.24, 2.45) is 4.99 Å². The molecule has 0 aromatic heterocycles. The van der Waals surface area contributed by atoms with Crippen molar-refractivity contribution in [3.05, 3.63) is 35.4 Å². The quantitative estimate of drug-likeness (QED) is 0.784. The number of aliphatic imine (C=N–C) groups is 1. The third-order valence-electron chi connectivity index (χ3n) is 2.76. The number of rotatable bonds is 4. The minimum Gasteiger partial charge on any atom is -0.461 e. The van der Waals surface area contributed by atoms with Gasteiger partial charge < -0.3 is 4.74 Å². The van der Waals surface area contributed by atoms with Gasteiger partial charge in [0.1, 0.15) is 0 Å². The molecule has 1 unspecified atom stereocenters. The minimum atomic E-state index is -0.509. The monoisotopic (exact) mass is 263 g/mol. The number of thioether (sulfide) groups is 1. The molecule has 18 heavy (non-hydrogen) atoms. The highest BCUT2D eigenvalue weighted by molar-refractivity contribution is 7.98. The van der Waals surface area contributed by atoms with Crippen molar-refractivity contribution in [2.75, 3.05) is 12.0 Å². The number of fused-ring (bicyclic) bond motifs is 1. The largest absolute Gasteiger partial charge is 0.461 e. The number of aldehydes is 1. The maximum Gasteiger partial charge on any atom is 0.218 e. The number of benzene rings is 1. The van der Waals surface area contributed by atoms with Crippen LogP contribution in [0.3, 0.4) is 0 Å². The fourth-order valence-electron chi connectivity index (χ4n) is 2.04. The van der Waals surface area contributed by atoms with Gasteiger partial charge in [-0.1, -0.05) is 18.2 Å². The molecule has 0 spiro atoms. The van der Waals surface area contributed by atoms with E-state index in [1.54, 1.807) is 11.8 Å². The molecular weight excluding hydrogens is 246 g/mol. The summed E-state index contributed by atoms with van der Waals surface area (Å²) in [7, 11) is 0. The fraction of sp³-hybridized carbons (Fsp3) is 0.429. The maximum atomic E-state index is 11.0. The molecule has 1 heterocycles. The Kier molecular flexibility index (Phi) is 3.76. The van der Waals surface area contributed by atoms with Gasteiger partial charge in [-0.25, -0.2) is 4.99 Å². The number of hydrogen-bond donors (Lipinski definition) is 0. The molecule has 0 saturated carbocycles. The standard InChI is InChI=1S/C14H17NO2S/c1-14(2,9-18-3)15-13-11-7-5-4-6-10(11)12(8-16)17-13/h4-8,12H,9H2,1-3H3. The maximum absolute atomic E-state index is 11.0. The molecule has 96 valence electrons. The number of carbonyl (C=O) groups excluding carboxylic acids is 1. The molecule has 0 amide bonds. The zero-order valence-corrected chi connectivity index (χ0v) is 11.7. The Balaban J connectivity index is 2.38. The minimum absolute atomic E-state index is 0.195. The van der Waals surface area contributed by atoms with Crippen LogP contribution in [0.25, 0.3) is 0 Å². The normalized spacial score (nSPS) is 20.6. The lowest BCUT2D eigenvalue weighted by molar-refractivity contribution is -0.114. The lowest BCUT2D eigenvalue weighted by atomic mass is 10.1. The molecule has 4 heteroatoms. The first-order chi connectivity index (χ1) is 8.57. The van der Waals surface area contributed by atoms with E-state index in [1.165, 1.54) is 0 Å². The first-order valence-corrected chi connectivity index (χ1v) is 7.27. The van der Waals surface area contributed by atoms with E-state index >= 15 is 0 Å². The zero-order chi connectivity index (χ0) is 13.2. The third kappa shape index (κ3) is 2.58. The van der Waals surface area contributed by atoms with Gasteiger partial charge in [0, 0.05) is 16.9 Å². The third-order valence-corrected chi connectivity index (χ3v) is 3.76. The molecule has 0 aliphatic carbocycles. The van der Waals surface area contributed by atoms with Crippen molar-refractivity contribution in [1.82, 2.24) is 0 Å². The molecule has 1 aliphatic heterocycles. The second kappa shape index (κ2) is 5.14. The summed E-state index contributed by atoms with van der Waals surface area (Å²) in [5, 5.41) is 0. The number of nitrogens with zero attached hydrogens (tertiary/aromatic N) is 1. The van der Waals surface area contributed by atoms with E-state index in [0.717, 1.165) is 23.2 Å². The Hall–Kier alpha value is -1.29. The Morgan fingerprint density at radius 2 is 2.17 bits per heavy atom. The van der Waals surface area contributed by atoms with E-state index < -0.39 is 6.10 Å². The SMILES string of the molecule is CSCC(C)(C)N=C1OC(C=O)c2ccccc21. The molecule has 1 aromatic carbocycles. The summed E-state index contributed by atoms with van der Waals surface area (Å²) in [5.41, 5.74) is 1.65. The smallest absolute Gasteiger partial charge is 0.218 e. The van der Waals surface area contributed by atoms with E-state index in [-0.39, 0.29) is 5.54 Å². The van der Waals surface area contributed by atoms with Gasteiger partial charge in [-0.2, -0.15) is 11.8 Å². The van der Waals surface area contributed by atoms with E-state index in [9.17, 15) is 4.79 Å². The molecule has 0 bridgehead atoms. The Morgan fingerprint density at radius 1 is 1.44 bits per heavy atom. The Morgan fingerprint density at radius 3 is 2.83 bits per heavy atom. The highest BCUT2D eigenvalue weighted by atomic mass is 32.2. The number of carbonyl (C=O) groups is 1. The summed E-state index contributed by atoms with van der Waals surface area (Å²) in [4.78, 5) is 15.7. The van der Waals surface area contributed by atoms with Crippen molar-refractivity contribution >= 4 is 23.9 Å². The van der Waals surface area contributed by atoms with Crippen molar-refractivity contribution in [2.45, 2.75) is 25.5 Å². The van der Waals surface area contributed by atoms with E-state index in [0.29, 0.717) is 5.90 Å². The molecule has 1 aliphatic rings. The van der Waals surface area contributed by atoms with Gasteiger partial charge in [0.15, 0.2) is 12.4 Å². The topological polar surface area (TPSA) is 38.7 Å². The first-order valence-electron chi connectivity index (χ1n) is 5.87. The van der Waals surface area contributed by atoms with Crippen molar-refractivity contribution < 1.29 is 9.53 Å². The van der Waals surface area contributed by atoms with Gasteiger partial charge in [-0.05, 0) is 26.2 Å². The Bertz CT molecular complexity index is 482. The molecule has 1 aromatic rings. The highest BCUT2D eigenvalue weighted by Crippen LogP contribution is 2.31. The molecule has 0 saturated heterocycles. The van der Waals surface area contributed by atoms with Gasteiger partial charge in [0.2, 0.25) is 5.90 Å². The van der Waals surface area contributed by atoms with Crippen LogP contribution in [0, 0.1) is 0 Å². The van der Waals surface area contributed by atoms with Gasteiger partial charge in [-0.3, -0.25) is 4.79 Å². The zero-order valence-electron chi connectivity index (χ0n) is 10.8.